The van der Waals surface area contributed by atoms with Gasteiger partial charge in [0, 0.05) is 31.3 Å². The van der Waals surface area contributed by atoms with E-state index in [1.54, 1.807) is 0 Å². The zero-order valence-corrected chi connectivity index (χ0v) is 18.3. The lowest BCUT2D eigenvalue weighted by Crippen LogP contribution is -2.45. The van der Waals surface area contributed by atoms with Crippen molar-refractivity contribution in [3.63, 3.8) is 0 Å². The van der Waals surface area contributed by atoms with Crippen LogP contribution in [0.1, 0.15) is 29.5 Å². The number of rotatable bonds is 7. The Labute approximate surface area is 193 Å². The van der Waals surface area contributed by atoms with Gasteiger partial charge in [0.05, 0.1) is 19.4 Å². The standard InChI is InChI=1S/C23H22F3N5O3/c1-30(23(32)19(15-5-3-2-4-6-15)31-9-11-33-12-10-31)27-14-17-8-7-16(13-18(17)24)21-28-29-22(34-21)20(25)26/h2-8,13-14,19-20H,9-12H2,1H3/b27-14+/t19-/m1/s1. The van der Waals surface area contributed by atoms with Crippen LogP contribution in [0.3, 0.4) is 0 Å². The van der Waals surface area contributed by atoms with Gasteiger partial charge in [0.1, 0.15) is 11.9 Å². The third-order valence-electron chi connectivity index (χ3n) is 5.32. The van der Waals surface area contributed by atoms with Crippen molar-refractivity contribution in [2.45, 2.75) is 12.5 Å². The molecule has 1 aliphatic rings. The molecule has 178 valence electrons. The van der Waals surface area contributed by atoms with Crippen molar-refractivity contribution in [2.75, 3.05) is 33.4 Å². The lowest BCUT2D eigenvalue weighted by Gasteiger charge is -2.34. The van der Waals surface area contributed by atoms with Crippen molar-refractivity contribution >= 4 is 12.1 Å². The van der Waals surface area contributed by atoms with E-state index in [1.807, 2.05) is 35.2 Å². The molecule has 0 unspecified atom stereocenters. The molecule has 0 radical (unpaired) electrons. The van der Waals surface area contributed by atoms with Crippen LogP contribution in [-0.2, 0) is 9.53 Å². The van der Waals surface area contributed by atoms with Gasteiger partial charge in [0.2, 0.25) is 5.89 Å². The van der Waals surface area contributed by atoms with Crippen LogP contribution in [0, 0.1) is 5.82 Å². The maximum absolute atomic E-state index is 14.6. The molecule has 1 aromatic heterocycles. The summed E-state index contributed by atoms with van der Waals surface area (Å²) in [5, 5.41) is 12.0. The van der Waals surface area contributed by atoms with E-state index in [9.17, 15) is 18.0 Å². The summed E-state index contributed by atoms with van der Waals surface area (Å²) in [5.41, 5.74) is 1.07. The van der Waals surface area contributed by atoms with Gasteiger partial charge in [-0.3, -0.25) is 9.69 Å². The van der Waals surface area contributed by atoms with Crippen molar-refractivity contribution in [3.05, 3.63) is 71.4 Å². The number of benzene rings is 2. The van der Waals surface area contributed by atoms with Gasteiger partial charge in [0.15, 0.2) is 0 Å². The Balaban J connectivity index is 1.51. The molecule has 0 spiro atoms. The second kappa shape index (κ2) is 10.6. The summed E-state index contributed by atoms with van der Waals surface area (Å²) < 4.78 is 50.1. The fourth-order valence-corrected chi connectivity index (χ4v) is 3.57. The first-order valence-corrected chi connectivity index (χ1v) is 10.5. The predicted octanol–water partition coefficient (Wildman–Crippen LogP) is 3.68. The minimum atomic E-state index is -2.91. The summed E-state index contributed by atoms with van der Waals surface area (Å²) in [6.07, 6.45) is -1.70. The molecule has 34 heavy (non-hydrogen) atoms. The Morgan fingerprint density at radius 2 is 1.88 bits per heavy atom. The number of aromatic nitrogens is 2. The molecule has 0 saturated carbocycles. The zero-order valence-electron chi connectivity index (χ0n) is 18.3. The summed E-state index contributed by atoms with van der Waals surface area (Å²) in [5.74, 6) is -2.02. The zero-order chi connectivity index (χ0) is 24.1. The number of hydrogen-bond acceptors (Lipinski definition) is 7. The van der Waals surface area contributed by atoms with E-state index in [1.165, 1.54) is 30.4 Å². The molecular formula is C23H22F3N5O3. The normalized spacial score (nSPS) is 15.7. The molecule has 1 amide bonds. The number of carbonyl (C=O) groups excluding carboxylic acids is 1. The van der Waals surface area contributed by atoms with Gasteiger partial charge in [-0.15, -0.1) is 10.2 Å². The largest absolute Gasteiger partial charge is 0.415 e. The molecule has 1 atom stereocenters. The monoisotopic (exact) mass is 473 g/mol. The number of nitrogens with zero attached hydrogens (tertiary/aromatic N) is 5. The highest BCUT2D eigenvalue weighted by Gasteiger charge is 2.31. The Morgan fingerprint density at radius 3 is 2.53 bits per heavy atom. The van der Waals surface area contributed by atoms with Crippen LogP contribution in [0.25, 0.3) is 11.5 Å². The summed E-state index contributed by atoms with van der Waals surface area (Å²) in [7, 11) is 1.51. The van der Waals surface area contributed by atoms with E-state index in [2.05, 4.69) is 15.3 Å². The summed E-state index contributed by atoms with van der Waals surface area (Å²) in [6, 6.07) is 12.7. The number of carbonyl (C=O) groups is 1. The van der Waals surface area contributed by atoms with Gasteiger partial charge in [0.25, 0.3) is 11.8 Å². The van der Waals surface area contributed by atoms with Crippen LogP contribution in [0.15, 0.2) is 58.0 Å². The minimum Gasteiger partial charge on any atom is -0.415 e. The van der Waals surface area contributed by atoms with Gasteiger partial charge in [-0.25, -0.2) is 9.40 Å². The number of alkyl halides is 2. The smallest absolute Gasteiger partial charge is 0.314 e. The Kier molecular flexibility index (Phi) is 7.33. The van der Waals surface area contributed by atoms with Crippen molar-refractivity contribution in [1.29, 1.82) is 0 Å². The van der Waals surface area contributed by atoms with Gasteiger partial charge < -0.3 is 9.15 Å². The van der Waals surface area contributed by atoms with Crippen LogP contribution in [0.4, 0.5) is 13.2 Å². The third-order valence-corrected chi connectivity index (χ3v) is 5.32. The van der Waals surface area contributed by atoms with Gasteiger partial charge in [-0.1, -0.05) is 30.3 Å². The summed E-state index contributed by atoms with van der Waals surface area (Å²) in [4.78, 5) is 15.3. The predicted molar refractivity (Wildman–Crippen MR) is 117 cm³/mol. The highest BCUT2D eigenvalue weighted by molar-refractivity contribution is 5.86. The fourth-order valence-electron chi connectivity index (χ4n) is 3.57. The van der Waals surface area contributed by atoms with E-state index in [4.69, 9.17) is 9.15 Å². The Hall–Kier alpha value is -3.57. The van der Waals surface area contributed by atoms with Crippen LogP contribution in [-0.4, -0.2) is 65.6 Å². The van der Waals surface area contributed by atoms with Crippen LogP contribution < -0.4 is 0 Å². The van der Waals surface area contributed by atoms with Gasteiger partial charge in [-0.05, 0) is 23.8 Å². The molecule has 0 aliphatic carbocycles. The molecule has 2 aromatic carbocycles. The van der Waals surface area contributed by atoms with Crippen LogP contribution in [0.5, 0.6) is 0 Å². The number of morpholine rings is 1. The number of ether oxygens (including phenoxy) is 1. The van der Waals surface area contributed by atoms with E-state index in [0.29, 0.717) is 26.3 Å². The minimum absolute atomic E-state index is 0.0969. The lowest BCUT2D eigenvalue weighted by molar-refractivity contribution is -0.137. The van der Waals surface area contributed by atoms with Gasteiger partial charge in [-0.2, -0.15) is 13.9 Å². The molecule has 1 aliphatic heterocycles. The molecule has 1 fully saturated rings. The molecule has 3 aromatic rings. The first kappa shape index (κ1) is 23.6. The van der Waals surface area contributed by atoms with Crippen LogP contribution in [0.2, 0.25) is 0 Å². The van der Waals surface area contributed by atoms with Crippen molar-refractivity contribution in [2.24, 2.45) is 5.10 Å². The lowest BCUT2D eigenvalue weighted by atomic mass is 10.0. The van der Waals surface area contributed by atoms with Crippen LogP contribution >= 0.6 is 0 Å². The molecule has 1 saturated heterocycles. The van der Waals surface area contributed by atoms with E-state index < -0.39 is 24.2 Å². The Bertz CT molecular complexity index is 1150. The van der Waals surface area contributed by atoms with Crippen molar-refractivity contribution in [3.8, 4) is 11.5 Å². The first-order valence-electron chi connectivity index (χ1n) is 10.5. The van der Waals surface area contributed by atoms with E-state index in [-0.39, 0.29) is 22.9 Å². The van der Waals surface area contributed by atoms with Crippen molar-refractivity contribution < 1.29 is 27.1 Å². The second-order valence-electron chi connectivity index (χ2n) is 7.55. The maximum atomic E-state index is 14.6. The summed E-state index contributed by atoms with van der Waals surface area (Å²) in [6.45, 7) is 2.25. The highest BCUT2D eigenvalue weighted by atomic mass is 19.3. The SMILES string of the molecule is CN(/N=C/c1ccc(-c2nnc(C(F)F)o2)cc1F)C(=O)[C@@H](c1ccccc1)N1CCOCC1. The van der Waals surface area contributed by atoms with E-state index >= 15 is 0 Å². The fraction of sp³-hybridized carbons (Fsp3) is 0.304. The maximum Gasteiger partial charge on any atom is 0.314 e. The van der Waals surface area contributed by atoms with Gasteiger partial charge >= 0.3 is 6.43 Å². The molecule has 8 nitrogen and oxygen atoms in total. The third kappa shape index (κ3) is 5.32. The molecule has 4 rings (SSSR count). The quantitative estimate of drug-likeness (QED) is 0.385. The topological polar surface area (TPSA) is 84.1 Å². The van der Waals surface area contributed by atoms with E-state index in [0.717, 1.165) is 11.6 Å². The average molecular weight is 473 g/mol. The number of amides is 1. The molecule has 0 bridgehead atoms. The second-order valence-corrected chi connectivity index (χ2v) is 7.55. The first-order chi connectivity index (χ1) is 16.4. The number of likely N-dealkylation sites (N-methyl/N-ethyl adjacent to an activating group) is 1. The Morgan fingerprint density at radius 1 is 1.15 bits per heavy atom. The number of hydrazone groups is 1. The summed E-state index contributed by atoms with van der Waals surface area (Å²) >= 11 is 0. The molecule has 11 heteroatoms. The molecule has 0 N–H and O–H groups in total. The molecular weight excluding hydrogens is 451 g/mol. The number of halogens is 3. The van der Waals surface area contributed by atoms with Crippen molar-refractivity contribution in [1.82, 2.24) is 20.1 Å². The molecule has 2 heterocycles. The number of hydrogen-bond donors (Lipinski definition) is 0. The highest BCUT2D eigenvalue weighted by Crippen LogP contribution is 2.26. The average Bonchev–Trinajstić information content (AvgIpc) is 3.35.